The highest BCUT2D eigenvalue weighted by molar-refractivity contribution is 5.91. The number of halogens is 3. The predicted octanol–water partition coefficient (Wildman–Crippen LogP) is 4.50. The Morgan fingerprint density at radius 3 is 2.41 bits per heavy atom. The number of alkyl halides is 3. The first-order chi connectivity index (χ1) is 16.3. The molecule has 0 radical (unpaired) electrons. The summed E-state index contributed by atoms with van der Waals surface area (Å²) in [7, 11) is 1.69. The quantitative estimate of drug-likeness (QED) is 0.412. The van der Waals surface area contributed by atoms with E-state index >= 15 is 0 Å². The van der Waals surface area contributed by atoms with Crippen molar-refractivity contribution < 1.29 is 22.7 Å². The summed E-state index contributed by atoms with van der Waals surface area (Å²) in [6.45, 7) is 0. The first kappa shape index (κ1) is 20.9. The first-order valence-electron chi connectivity index (χ1n) is 11.1. The Morgan fingerprint density at radius 2 is 1.74 bits per heavy atom. The van der Waals surface area contributed by atoms with Crippen molar-refractivity contribution in [3.63, 3.8) is 0 Å². The van der Waals surface area contributed by atoms with Crippen molar-refractivity contribution in [2.45, 2.75) is 43.9 Å². The molecule has 3 aliphatic rings. The van der Waals surface area contributed by atoms with Gasteiger partial charge in [0.2, 0.25) is 5.82 Å². The van der Waals surface area contributed by atoms with E-state index in [1.165, 1.54) is 4.80 Å². The monoisotopic (exact) mass is 467 g/mol. The number of ether oxygens (including phenoxy) is 1. The zero-order valence-electron chi connectivity index (χ0n) is 18.2. The van der Waals surface area contributed by atoms with Gasteiger partial charge in [0.15, 0.2) is 0 Å². The molecule has 2 atom stereocenters. The van der Waals surface area contributed by atoms with Crippen LogP contribution in [0, 0.1) is 0 Å². The summed E-state index contributed by atoms with van der Waals surface area (Å²) in [5.41, 5.74) is 4.57. The van der Waals surface area contributed by atoms with Crippen molar-refractivity contribution in [1.29, 1.82) is 0 Å². The smallest absolute Gasteiger partial charge is 0.456 e. The maximum Gasteiger partial charge on any atom is 0.471 e. The molecule has 6 rings (SSSR count). The van der Waals surface area contributed by atoms with Gasteiger partial charge in [0, 0.05) is 28.8 Å². The van der Waals surface area contributed by atoms with Gasteiger partial charge >= 0.3 is 12.1 Å². The number of aryl methyl sites for hydroxylation is 1. The molecule has 7 nitrogen and oxygen atoms in total. The summed E-state index contributed by atoms with van der Waals surface area (Å²) < 4.78 is 45.8. The minimum absolute atomic E-state index is 0.412. The van der Waals surface area contributed by atoms with Crippen molar-refractivity contribution in [2.24, 2.45) is 7.05 Å². The topological polar surface area (TPSA) is 73.1 Å². The standard InChI is InChI=1S/C24H20F3N5O2/c1-31-29-22(28-30-31)13-6-9-18-20(12-13)34-19-5-3-2-4-17(19)21(18)14-10-15-7-8-16(11-14)32(15)23(33)24(25,26)27/h2-6,9,12,15-16H,7-8,10-11H2,1H3. The van der Waals surface area contributed by atoms with Crippen LogP contribution in [0.15, 0.2) is 48.0 Å². The van der Waals surface area contributed by atoms with Crippen LogP contribution in [0.3, 0.4) is 0 Å². The maximum absolute atomic E-state index is 13.2. The summed E-state index contributed by atoms with van der Waals surface area (Å²) >= 11 is 0. The molecule has 2 saturated heterocycles. The van der Waals surface area contributed by atoms with E-state index < -0.39 is 24.2 Å². The van der Waals surface area contributed by atoms with Gasteiger partial charge in [-0.05, 0) is 54.7 Å². The number of hydrogen-bond donors (Lipinski definition) is 0. The number of tetrazole rings is 1. The van der Waals surface area contributed by atoms with E-state index in [1.54, 1.807) is 7.05 Å². The molecule has 3 aliphatic heterocycles. The molecule has 174 valence electrons. The Morgan fingerprint density at radius 1 is 1.03 bits per heavy atom. The summed E-state index contributed by atoms with van der Waals surface area (Å²) in [4.78, 5) is 14.5. The van der Waals surface area contributed by atoms with Crippen LogP contribution in [-0.4, -0.2) is 49.3 Å². The molecule has 0 aliphatic carbocycles. The molecule has 0 spiro atoms. The fourth-order valence-corrected chi connectivity index (χ4v) is 5.45. The maximum atomic E-state index is 13.2. The van der Waals surface area contributed by atoms with Gasteiger partial charge in [0.1, 0.15) is 11.5 Å². The Bertz CT molecular complexity index is 1330. The Balaban J connectivity index is 1.44. The third-order valence-electron chi connectivity index (χ3n) is 6.81. The lowest BCUT2D eigenvalue weighted by Crippen LogP contribution is -2.50. The summed E-state index contributed by atoms with van der Waals surface area (Å²) in [5.74, 6) is 0.0621. The molecule has 2 aromatic carbocycles. The Labute approximate surface area is 192 Å². The summed E-state index contributed by atoms with van der Waals surface area (Å²) in [5, 5.41) is 12.2. The number of amides is 1. The number of carbonyl (C=O) groups is 1. The lowest BCUT2D eigenvalue weighted by atomic mass is 9.83. The highest BCUT2D eigenvalue weighted by atomic mass is 19.4. The SMILES string of the molecule is Cn1nnc(-c2ccc3c(c2)Oc2ccccc2C3=C2CC3CCC(C2)N3C(=O)C(F)(F)F)n1. The molecule has 1 amide bonds. The van der Waals surface area contributed by atoms with E-state index in [1.807, 2.05) is 42.5 Å². The normalized spacial score (nSPS) is 21.2. The van der Waals surface area contributed by atoms with E-state index in [-0.39, 0.29) is 0 Å². The average molecular weight is 467 g/mol. The fraction of sp³-hybridized carbons (Fsp3) is 0.333. The molecule has 4 heterocycles. The van der Waals surface area contributed by atoms with Gasteiger partial charge in [-0.1, -0.05) is 29.8 Å². The first-order valence-corrected chi connectivity index (χ1v) is 11.1. The Kier molecular flexibility index (Phi) is 4.55. The number of para-hydroxylation sites is 1. The van der Waals surface area contributed by atoms with Gasteiger partial charge < -0.3 is 9.64 Å². The molecule has 1 aromatic heterocycles. The van der Waals surface area contributed by atoms with Crippen molar-refractivity contribution in [3.8, 4) is 22.9 Å². The third kappa shape index (κ3) is 3.27. The molecule has 3 aromatic rings. The van der Waals surface area contributed by atoms with Crippen molar-refractivity contribution >= 4 is 11.5 Å². The van der Waals surface area contributed by atoms with Crippen LogP contribution in [0.5, 0.6) is 11.5 Å². The van der Waals surface area contributed by atoms with Gasteiger partial charge in [-0.15, -0.1) is 10.2 Å². The molecule has 0 N–H and O–H groups in total. The lowest BCUT2D eigenvalue weighted by Gasteiger charge is -2.38. The largest absolute Gasteiger partial charge is 0.471 e. The minimum atomic E-state index is -4.85. The second kappa shape index (κ2) is 7.41. The Hall–Kier alpha value is -3.69. The van der Waals surface area contributed by atoms with Crippen LogP contribution in [0.2, 0.25) is 0 Å². The number of aromatic nitrogens is 4. The van der Waals surface area contributed by atoms with Gasteiger partial charge in [-0.25, -0.2) is 0 Å². The summed E-state index contributed by atoms with van der Waals surface area (Å²) in [6.07, 6.45) is -2.88. The van der Waals surface area contributed by atoms with Gasteiger partial charge in [0.25, 0.3) is 0 Å². The molecule has 34 heavy (non-hydrogen) atoms. The van der Waals surface area contributed by atoms with Gasteiger partial charge in [-0.3, -0.25) is 4.79 Å². The lowest BCUT2D eigenvalue weighted by molar-refractivity contribution is -0.189. The minimum Gasteiger partial charge on any atom is -0.456 e. The molecule has 10 heteroatoms. The third-order valence-corrected chi connectivity index (χ3v) is 6.81. The average Bonchev–Trinajstić information content (AvgIpc) is 3.35. The number of piperidine rings is 1. The van der Waals surface area contributed by atoms with Gasteiger partial charge in [0.05, 0.1) is 7.05 Å². The second-order valence-corrected chi connectivity index (χ2v) is 8.89. The number of benzene rings is 2. The summed E-state index contributed by atoms with van der Waals surface area (Å²) in [6, 6.07) is 12.4. The van der Waals surface area contributed by atoms with Crippen LogP contribution >= 0.6 is 0 Å². The van der Waals surface area contributed by atoms with Gasteiger partial charge in [-0.2, -0.15) is 18.0 Å². The number of carbonyl (C=O) groups excluding carboxylic acids is 1. The van der Waals surface area contributed by atoms with Crippen molar-refractivity contribution in [2.75, 3.05) is 0 Å². The zero-order chi connectivity index (χ0) is 23.6. The molecule has 2 bridgehead atoms. The van der Waals surface area contributed by atoms with E-state index in [0.29, 0.717) is 43.0 Å². The second-order valence-electron chi connectivity index (χ2n) is 8.89. The van der Waals surface area contributed by atoms with E-state index in [4.69, 9.17) is 4.74 Å². The van der Waals surface area contributed by atoms with Crippen molar-refractivity contribution in [1.82, 2.24) is 25.1 Å². The molecular weight excluding hydrogens is 447 g/mol. The molecule has 2 fully saturated rings. The molecule has 0 saturated carbocycles. The van der Waals surface area contributed by atoms with E-state index in [2.05, 4.69) is 15.4 Å². The highest BCUT2D eigenvalue weighted by Crippen LogP contribution is 2.50. The van der Waals surface area contributed by atoms with Crippen LogP contribution in [-0.2, 0) is 11.8 Å². The van der Waals surface area contributed by atoms with Crippen LogP contribution in [0.1, 0.15) is 36.8 Å². The van der Waals surface area contributed by atoms with Crippen LogP contribution in [0.4, 0.5) is 13.2 Å². The fourth-order valence-electron chi connectivity index (χ4n) is 5.45. The number of rotatable bonds is 1. The zero-order valence-corrected chi connectivity index (χ0v) is 18.2. The number of fused-ring (bicyclic) bond motifs is 4. The number of nitrogens with zero attached hydrogens (tertiary/aromatic N) is 5. The van der Waals surface area contributed by atoms with E-state index in [0.717, 1.165) is 32.7 Å². The van der Waals surface area contributed by atoms with Crippen LogP contribution in [0.25, 0.3) is 17.0 Å². The highest BCUT2D eigenvalue weighted by Gasteiger charge is 2.51. The predicted molar refractivity (Wildman–Crippen MR) is 116 cm³/mol. The van der Waals surface area contributed by atoms with E-state index in [9.17, 15) is 18.0 Å². The molecular formula is C24H20F3N5O2. The van der Waals surface area contributed by atoms with Crippen LogP contribution < -0.4 is 4.74 Å². The number of hydrogen-bond acceptors (Lipinski definition) is 5. The van der Waals surface area contributed by atoms with Crippen molar-refractivity contribution in [3.05, 3.63) is 59.2 Å². The molecule has 2 unspecified atom stereocenters.